The molecular formula is C15H12FN3O. The average molecular weight is 269 g/mol. The Bertz CT molecular complexity index is 664. The Balaban J connectivity index is 2.27. The summed E-state index contributed by atoms with van der Waals surface area (Å²) in [5.41, 5.74) is 0.545. The summed E-state index contributed by atoms with van der Waals surface area (Å²) in [6.07, 6.45) is 6.61. The normalized spacial score (nSPS) is 9.60. The van der Waals surface area contributed by atoms with Crippen LogP contribution in [-0.2, 0) is 0 Å². The maximum absolute atomic E-state index is 13.6. The van der Waals surface area contributed by atoms with Gasteiger partial charge in [0.2, 0.25) is 0 Å². The van der Waals surface area contributed by atoms with E-state index < -0.39 is 5.82 Å². The molecule has 20 heavy (non-hydrogen) atoms. The number of hydrogen-bond acceptors (Lipinski definition) is 3. The summed E-state index contributed by atoms with van der Waals surface area (Å²) in [6, 6.07) is 9.36. The summed E-state index contributed by atoms with van der Waals surface area (Å²) in [5, 5.41) is 5.34. The molecule has 0 atom stereocenters. The molecule has 1 heterocycles. The molecule has 1 amide bonds. The highest BCUT2D eigenvalue weighted by molar-refractivity contribution is 5.99. The van der Waals surface area contributed by atoms with Crippen molar-refractivity contribution in [2.45, 2.75) is 0 Å². The molecule has 100 valence electrons. The van der Waals surface area contributed by atoms with Gasteiger partial charge in [0.25, 0.3) is 5.91 Å². The first kappa shape index (κ1) is 13.6. The van der Waals surface area contributed by atoms with E-state index in [1.54, 1.807) is 30.3 Å². The van der Waals surface area contributed by atoms with E-state index in [0.29, 0.717) is 5.56 Å². The molecule has 2 N–H and O–H groups in total. The number of terminal acetylenes is 1. The predicted octanol–water partition coefficient (Wildman–Crippen LogP) is 2.33. The van der Waals surface area contributed by atoms with E-state index in [2.05, 4.69) is 21.5 Å². The molecule has 4 nitrogen and oxygen atoms in total. The molecule has 0 saturated carbocycles. The number of nitrogens with zero attached hydrogens (tertiary/aromatic N) is 1. The standard InChI is InChI=1S/C15H12FN3O/c1-2-9-18-15(20)11-6-5-10-17-14(11)19-13-8-4-3-7-12(13)16/h1,3-8,10H,9H2,(H,17,19)(H,18,20). The SMILES string of the molecule is C#CCNC(=O)c1cccnc1Nc1ccccc1F. The summed E-state index contributed by atoms with van der Waals surface area (Å²) < 4.78 is 13.6. The second kappa shape index (κ2) is 6.34. The Labute approximate surface area is 116 Å². The van der Waals surface area contributed by atoms with Crippen molar-refractivity contribution in [2.75, 3.05) is 11.9 Å². The highest BCUT2D eigenvalue weighted by Gasteiger charge is 2.12. The number of para-hydroxylation sites is 1. The van der Waals surface area contributed by atoms with Gasteiger partial charge in [0.05, 0.1) is 17.8 Å². The third-order valence-electron chi connectivity index (χ3n) is 2.53. The topological polar surface area (TPSA) is 54.0 Å². The van der Waals surface area contributed by atoms with Gasteiger partial charge in [-0.15, -0.1) is 6.42 Å². The van der Waals surface area contributed by atoms with Crippen molar-refractivity contribution in [2.24, 2.45) is 0 Å². The Morgan fingerprint density at radius 1 is 1.30 bits per heavy atom. The van der Waals surface area contributed by atoms with E-state index in [0.717, 1.165) is 0 Å². The largest absolute Gasteiger partial charge is 0.341 e. The summed E-state index contributed by atoms with van der Waals surface area (Å²) in [5.74, 6) is 1.80. The second-order valence-corrected chi connectivity index (χ2v) is 3.89. The number of rotatable bonds is 4. The summed E-state index contributed by atoms with van der Waals surface area (Å²) in [4.78, 5) is 16.0. The van der Waals surface area contributed by atoms with E-state index in [1.165, 1.54) is 12.3 Å². The molecular weight excluding hydrogens is 257 g/mol. The van der Waals surface area contributed by atoms with Crippen molar-refractivity contribution in [3.8, 4) is 12.3 Å². The highest BCUT2D eigenvalue weighted by atomic mass is 19.1. The number of halogens is 1. The first-order chi connectivity index (χ1) is 9.72. The van der Waals surface area contributed by atoms with Crippen LogP contribution in [0.15, 0.2) is 42.6 Å². The lowest BCUT2D eigenvalue weighted by molar-refractivity contribution is 0.0959. The molecule has 0 radical (unpaired) electrons. The van der Waals surface area contributed by atoms with Crippen molar-refractivity contribution in [3.63, 3.8) is 0 Å². The Kier molecular flexibility index (Phi) is 4.30. The quantitative estimate of drug-likeness (QED) is 0.838. The van der Waals surface area contributed by atoms with Gasteiger partial charge >= 0.3 is 0 Å². The fraction of sp³-hybridized carbons (Fsp3) is 0.0667. The predicted molar refractivity (Wildman–Crippen MR) is 75.1 cm³/mol. The molecule has 0 spiro atoms. The van der Waals surface area contributed by atoms with Crippen LogP contribution in [0.3, 0.4) is 0 Å². The Hall–Kier alpha value is -2.87. The molecule has 0 aliphatic carbocycles. The van der Waals surface area contributed by atoms with Crippen molar-refractivity contribution in [3.05, 3.63) is 54.0 Å². The molecule has 0 fully saturated rings. The second-order valence-electron chi connectivity index (χ2n) is 3.89. The lowest BCUT2D eigenvalue weighted by Crippen LogP contribution is -2.24. The van der Waals surface area contributed by atoms with Crippen LogP contribution in [0.25, 0.3) is 0 Å². The number of hydrogen-bond donors (Lipinski definition) is 2. The molecule has 0 aliphatic rings. The molecule has 2 aromatic rings. The van der Waals surface area contributed by atoms with Gasteiger partial charge in [-0.1, -0.05) is 18.1 Å². The number of amides is 1. The maximum Gasteiger partial charge on any atom is 0.255 e. The summed E-state index contributed by atoms with van der Waals surface area (Å²) >= 11 is 0. The first-order valence-corrected chi connectivity index (χ1v) is 5.90. The molecule has 0 bridgehead atoms. The van der Waals surface area contributed by atoms with Gasteiger partial charge in [0.15, 0.2) is 0 Å². The van der Waals surface area contributed by atoms with E-state index in [-0.39, 0.29) is 24.0 Å². The van der Waals surface area contributed by atoms with Gasteiger partial charge in [-0.05, 0) is 24.3 Å². The van der Waals surface area contributed by atoms with Crippen LogP contribution in [0.4, 0.5) is 15.9 Å². The first-order valence-electron chi connectivity index (χ1n) is 5.90. The van der Waals surface area contributed by atoms with Gasteiger partial charge in [0, 0.05) is 6.20 Å². The van der Waals surface area contributed by atoms with Gasteiger partial charge in [-0.2, -0.15) is 0 Å². The molecule has 2 rings (SSSR count). The number of carbonyl (C=O) groups excluding carboxylic acids is 1. The minimum absolute atomic E-state index is 0.118. The minimum Gasteiger partial charge on any atom is -0.341 e. The van der Waals surface area contributed by atoms with E-state index in [9.17, 15) is 9.18 Å². The van der Waals surface area contributed by atoms with Gasteiger partial charge in [-0.25, -0.2) is 9.37 Å². The Morgan fingerprint density at radius 2 is 2.10 bits per heavy atom. The number of pyridine rings is 1. The number of carbonyl (C=O) groups is 1. The molecule has 0 aliphatic heterocycles. The fourth-order valence-corrected chi connectivity index (χ4v) is 1.60. The van der Waals surface area contributed by atoms with Crippen molar-refractivity contribution in [1.82, 2.24) is 10.3 Å². The van der Waals surface area contributed by atoms with Crippen LogP contribution >= 0.6 is 0 Å². The van der Waals surface area contributed by atoms with Crippen LogP contribution in [0.5, 0.6) is 0 Å². The molecule has 0 saturated heterocycles. The molecule has 5 heteroatoms. The highest BCUT2D eigenvalue weighted by Crippen LogP contribution is 2.20. The molecule has 1 aromatic carbocycles. The van der Waals surface area contributed by atoms with Crippen molar-refractivity contribution >= 4 is 17.4 Å². The number of anilines is 2. The fourth-order valence-electron chi connectivity index (χ4n) is 1.60. The number of nitrogens with one attached hydrogen (secondary N) is 2. The number of benzene rings is 1. The van der Waals surface area contributed by atoms with Gasteiger partial charge < -0.3 is 10.6 Å². The molecule has 0 unspecified atom stereocenters. The lowest BCUT2D eigenvalue weighted by atomic mass is 10.2. The summed E-state index contributed by atoms with van der Waals surface area (Å²) in [7, 11) is 0. The van der Waals surface area contributed by atoms with Crippen LogP contribution in [0, 0.1) is 18.2 Å². The average Bonchev–Trinajstić information content (AvgIpc) is 2.48. The van der Waals surface area contributed by atoms with E-state index in [4.69, 9.17) is 6.42 Å². The van der Waals surface area contributed by atoms with E-state index >= 15 is 0 Å². The zero-order valence-electron chi connectivity index (χ0n) is 10.6. The Morgan fingerprint density at radius 3 is 2.85 bits per heavy atom. The van der Waals surface area contributed by atoms with Crippen molar-refractivity contribution < 1.29 is 9.18 Å². The zero-order valence-corrected chi connectivity index (χ0v) is 10.6. The van der Waals surface area contributed by atoms with Gasteiger partial charge in [-0.3, -0.25) is 4.79 Å². The smallest absolute Gasteiger partial charge is 0.255 e. The van der Waals surface area contributed by atoms with Crippen LogP contribution in [0.1, 0.15) is 10.4 Å². The third kappa shape index (κ3) is 3.12. The minimum atomic E-state index is -0.423. The third-order valence-corrected chi connectivity index (χ3v) is 2.53. The van der Waals surface area contributed by atoms with Crippen LogP contribution < -0.4 is 10.6 Å². The lowest BCUT2D eigenvalue weighted by Gasteiger charge is -2.10. The van der Waals surface area contributed by atoms with Gasteiger partial charge in [0.1, 0.15) is 11.6 Å². The monoisotopic (exact) mass is 269 g/mol. The number of aromatic nitrogens is 1. The molecule has 1 aromatic heterocycles. The summed E-state index contributed by atoms with van der Waals surface area (Å²) in [6.45, 7) is 0.118. The van der Waals surface area contributed by atoms with E-state index in [1.807, 2.05) is 0 Å². The van der Waals surface area contributed by atoms with Crippen molar-refractivity contribution in [1.29, 1.82) is 0 Å². The maximum atomic E-state index is 13.6. The van der Waals surface area contributed by atoms with Crippen LogP contribution in [-0.4, -0.2) is 17.4 Å². The zero-order chi connectivity index (χ0) is 14.4. The van der Waals surface area contributed by atoms with Crippen LogP contribution in [0.2, 0.25) is 0 Å².